The summed E-state index contributed by atoms with van der Waals surface area (Å²) in [4.78, 5) is 0. The molecule has 1 saturated carbocycles. The van der Waals surface area contributed by atoms with Crippen molar-refractivity contribution in [3.63, 3.8) is 0 Å². The highest BCUT2D eigenvalue weighted by Gasteiger charge is 2.23. The van der Waals surface area contributed by atoms with E-state index in [0.29, 0.717) is 6.04 Å². The van der Waals surface area contributed by atoms with Gasteiger partial charge in [-0.1, -0.05) is 6.42 Å². The summed E-state index contributed by atoms with van der Waals surface area (Å²) in [5, 5.41) is 3.59. The summed E-state index contributed by atoms with van der Waals surface area (Å²) in [5.74, 6) is 0. The summed E-state index contributed by atoms with van der Waals surface area (Å²) in [6.45, 7) is 1.90. The lowest BCUT2D eigenvalue weighted by molar-refractivity contribution is 0.183. The van der Waals surface area contributed by atoms with E-state index in [9.17, 15) is 0 Å². The molecule has 2 nitrogen and oxygen atoms in total. The molecule has 1 unspecified atom stereocenters. The van der Waals surface area contributed by atoms with E-state index in [0.717, 1.165) is 19.3 Å². The molecule has 1 atom stereocenters. The average Bonchev–Trinajstić information content (AvgIpc) is 2.29. The highest BCUT2D eigenvalue weighted by molar-refractivity contribution is 4.82. The van der Waals surface area contributed by atoms with Crippen molar-refractivity contribution >= 4 is 0 Å². The van der Waals surface area contributed by atoms with Crippen LogP contribution in [0.3, 0.4) is 0 Å². The molecule has 0 amide bonds. The van der Waals surface area contributed by atoms with Gasteiger partial charge in [-0.05, 0) is 19.3 Å². The molecule has 58 valence electrons. The van der Waals surface area contributed by atoms with E-state index in [2.05, 4.69) is 5.32 Å². The van der Waals surface area contributed by atoms with E-state index in [-0.39, 0.29) is 0 Å². The standard InChI is InChI=1S/C8H15NO/c1-2-7(3-1)9-8-4-5-10-6-8/h7-9H,1-6H2. The molecular weight excluding hydrogens is 126 g/mol. The third-order valence-corrected chi connectivity index (χ3v) is 2.51. The summed E-state index contributed by atoms with van der Waals surface area (Å²) in [7, 11) is 0. The SMILES string of the molecule is C1CC(NC2CCOC2)C1. The Morgan fingerprint density at radius 2 is 2.00 bits per heavy atom. The van der Waals surface area contributed by atoms with Crippen molar-refractivity contribution in [1.82, 2.24) is 5.32 Å². The molecule has 1 heterocycles. The maximum absolute atomic E-state index is 5.26. The highest BCUT2D eigenvalue weighted by atomic mass is 16.5. The van der Waals surface area contributed by atoms with Crippen molar-refractivity contribution in [2.45, 2.75) is 37.8 Å². The molecule has 0 aromatic rings. The van der Waals surface area contributed by atoms with Crippen LogP contribution in [0.15, 0.2) is 0 Å². The Hall–Kier alpha value is -0.0800. The Morgan fingerprint density at radius 3 is 2.50 bits per heavy atom. The third-order valence-electron chi connectivity index (χ3n) is 2.51. The lowest BCUT2D eigenvalue weighted by Crippen LogP contribution is -2.42. The first-order chi connectivity index (χ1) is 4.95. The Morgan fingerprint density at radius 1 is 1.10 bits per heavy atom. The van der Waals surface area contributed by atoms with Crippen LogP contribution in [0.2, 0.25) is 0 Å². The van der Waals surface area contributed by atoms with E-state index in [4.69, 9.17) is 4.74 Å². The smallest absolute Gasteiger partial charge is 0.0620 e. The highest BCUT2D eigenvalue weighted by Crippen LogP contribution is 2.19. The maximum atomic E-state index is 5.26. The second-order valence-electron chi connectivity index (χ2n) is 3.36. The van der Waals surface area contributed by atoms with Crippen LogP contribution < -0.4 is 5.32 Å². The predicted molar refractivity (Wildman–Crippen MR) is 40.0 cm³/mol. The predicted octanol–water partition coefficient (Wildman–Crippen LogP) is 0.917. The van der Waals surface area contributed by atoms with E-state index in [1.165, 1.54) is 25.7 Å². The molecule has 10 heavy (non-hydrogen) atoms. The molecule has 1 aliphatic heterocycles. The normalized spacial score (nSPS) is 34.2. The fraction of sp³-hybridized carbons (Fsp3) is 1.00. The van der Waals surface area contributed by atoms with Crippen molar-refractivity contribution in [2.24, 2.45) is 0 Å². The van der Waals surface area contributed by atoms with Crippen LogP contribution in [0.25, 0.3) is 0 Å². The van der Waals surface area contributed by atoms with Gasteiger partial charge < -0.3 is 10.1 Å². The van der Waals surface area contributed by atoms with E-state index in [1.54, 1.807) is 0 Å². The second kappa shape index (κ2) is 2.89. The van der Waals surface area contributed by atoms with Gasteiger partial charge in [-0.15, -0.1) is 0 Å². The molecule has 2 aliphatic rings. The average molecular weight is 141 g/mol. The first-order valence-corrected chi connectivity index (χ1v) is 4.29. The Balaban J connectivity index is 1.68. The molecule has 0 spiro atoms. The molecule has 1 aliphatic carbocycles. The number of hydrogen-bond acceptors (Lipinski definition) is 2. The fourth-order valence-corrected chi connectivity index (χ4v) is 1.57. The van der Waals surface area contributed by atoms with Crippen molar-refractivity contribution in [1.29, 1.82) is 0 Å². The molecule has 1 N–H and O–H groups in total. The first kappa shape index (κ1) is 6.62. The van der Waals surface area contributed by atoms with E-state index < -0.39 is 0 Å². The minimum absolute atomic E-state index is 0.672. The van der Waals surface area contributed by atoms with Crippen LogP contribution >= 0.6 is 0 Å². The summed E-state index contributed by atoms with van der Waals surface area (Å²) in [6.07, 6.45) is 5.41. The van der Waals surface area contributed by atoms with Crippen LogP contribution in [-0.4, -0.2) is 25.3 Å². The Bertz CT molecular complexity index is 106. The minimum Gasteiger partial charge on any atom is -0.380 e. The summed E-state index contributed by atoms with van der Waals surface area (Å²) >= 11 is 0. The molecule has 0 aromatic heterocycles. The van der Waals surface area contributed by atoms with Gasteiger partial charge in [-0.2, -0.15) is 0 Å². The molecule has 0 bridgehead atoms. The van der Waals surface area contributed by atoms with Gasteiger partial charge >= 0.3 is 0 Å². The van der Waals surface area contributed by atoms with Gasteiger partial charge in [0, 0.05) is 18.7 Å². The summed E-state index contributed by atoms with van der Waals surface area (Å²) in [6, 6.07) is 1.50. The fourth-order valence-electron chi connectivity index (χ4n) is 1.57. The first-order valence-electron chi connectivity index (χ1n) is 4.29. The van der Waals surface area contributed by atoms with Crippen LogP contribution in [0, 0.1) is 0 Å². The zero-order chi connectivity index (χ0) is 6.81. The van der Waals surface area contributed by atoms with Crippen molar-refractivity contribution in [3.8, 4) is 0 Å². The zero-order valence-electron chi connectivity index (χ0n) is 6.31. The molecule has 2 rings (SSSR count). The molecule has 0 aromatic carbocycles. The number of rotatable bonds is 2. The molecular formula is C8H15NO. The minimum atomic E-state index is 0.672. The van der Waals surface area contributed by atoms with Gasteiger partial charge in [-0.3, -0.25) is 0 Å². The second-order valence-corrected chi connectivity index (χ2v) is 3.36. The number of ether oxygens (including phenoxy) is 1. The Labute approximate surface area is 61.9 Å². The van der Waals surface area contributed by atoms with Crippen molar-refractivity contribution in [2.75, 3.05) is 13.2 Å². The van der Waals surface area contributed by atoms with Gasteiger partial charge in [0.15, 0.2) is 0 Å². The maximum Gasteiger partial charge on any atom is 0.0620 e. The van der Waals surface area contributed by atoms with E-state index in [1.807, 2.05) is 0 Å². The van der Waals surface area contributed by atoms with Crippen molar-refractivity contribution < 1.29 is 4.74 Å². The Kier molecular flexibility index (Phi) is 1.91. The van der Waals surface area contributed by atoms with Gasteiger partial charge in [0.05, 0.1) is 6.61 Å². The van der Waals surface area contributed by atoms with Gasteiger partial charge in [0.2, 0.25) is 0 Å². The van der Waals surface area contributed by atoms with Crippen molar-refractivity contribution in [3.05, 3.63) is 0 Å². The quantitative estimate of drug-likeness (QED) is 0.617. The molecule has 2 heteroatoms. The largest absolute Gasteiger partial charge is 0.380 e. The van der Waals surface area contributed by atoms with Crippen LogP contribution in [0.5, 0.6) is 0 Å². The van der Waals surface area contributed by atoms with Crippen LogP contribution in [0.1, 0.15) is 25.7 Å². The lowest BCUT2D eigenvalue weighted by Gasteiger charge is -2.29. The van der Waals surface area contributed by atoms with Gasteiger partial charge in [0.25, 0.3) is 0 Å². The lowest BCUT2D eigenvalue weighted by atomic mass is 9.92. The topological polar surface area (TPSA) is 21.3 Å². The van der Waals surface area contributed by atoms with Gasteiger partial charge in [0.1, 0.15) is 0 Å². The monoisotopic (exact) mass is 141 g/mol. The van der Waals surface area contributed by atoms with Crippen LogP contribution in [0.4, 0.5) is 0 Å². The summed E-state index contributed by atoms with van der Waals surface area (Å²) < 4.78 is 5.26. The number of nitrogens with one attached hydrogen (secondary N) is 1. The molecule has 2 fully saturated rings. The van der Waals surface area contributed by atoms with E-state index >= 15 is 0 Å². The van der Waals surface area contributed by atoms with Crippen LogP contribution in [-0.2, 0) is 4.74 Å². The zero-order valence-corrected chi connectivity index (χ0v) is 6.31. The van der Waals surface area contributed by atoms with Gasteiger partial charge in [-0.25, -0.2) is 0 Å². The molecule has 0 radical (unpaired) electrons. The molecule has 1 saturated heterocycles. The summed E-state index contributed by atoms with van der Waals surface area (Å²) in [5.41, 5.74) is 0. The number of hydrogen-bond donors (Lipinski definition) is 1. The third kappa shape index (κ3) is 1.32.